The summed E-state index contributed by atoms with van der Waals surface area (Å²) < 4.78 is 1.20. The predicted molar refractivity (Wildman–Crippen MR) is 81.6 cm³/mol. The van der Waals surface area contributed by atoms with Gasteiger partial charge >= 0.3 is 0 Å². The number of rotatable bonds is 5. The largest absolute Gasteiger partial charge is 0.391 e. The summed E-state index contributed by atoms with van der Waals surface area (Å²) in [6.07, 6.45) is 3.82. The van der Waals surface area contributed by atoms with Gasteiger partial charge in [0, 0.05) is 6.42 Å². The topological polar surface area (TPSA) is 116 Å². The standard InChI is InChI=1S/C14H21N5O3/c1-2-3-4-5-9(20)8-6-10(21)19-13(22)11-12(16-7-15-11)18-14(19)17-8/h7-10,20-21H,2-6H2,1H3,(H,15,16)(H,17,18)/t8-,9-,10+/m0/s1. The molecular formula is C14H21N5O3. The Morgan fingerprint density at radius 1 is 1.50 bits per heavy atom. The van der Waals surface area contributed by atoms with Crippen LogP contribution in [-0.4, -0.2) is 41.9 Å². The molecule has 8 heteroatoms. The molecular weight excluding hydrogens is 286 g/mol. The van der Waals surface area contributed by atoms with Crippen LogP contribution in [0.4, 0.5) is 5.95 Å². The van der Waals surface area contributed by atoms with E-state index in [9.17, 15) is 15.0 Å². The average molecular weight is 307 g/mol. The monoisotopic (exact) mass is 307 g/mol. The third kappa shape index (κ3) is 2.59. The summed E-state index contributed by atoms with van der Waals surface area (Å²) in [4.78, 5) is 23.3. The number of aromatic nitrogens is 4. The zero-order chi connectivity index (χ0) is 15.7. The molecule has 0 aromatic carbocycles. The van der Waals surface area contributed by atoms with Crippen LogP contribution in [0, 0.1) is 0 Å². The van der Waals surface area contributed by atoms with E-state index < -0.39 is 12.3 Å². The van der Waals surface area contributed by atoms with E-state index in [2.05, 4.69) is 27.2 Å². The molecule has 8 nitrogen and oxygen atoms in total. The zero-order valence-corrected chi connectivity index (χ0v) is 12.5. The van der Waals surface area contributed by atoms with Crippen LogP contribution in [0.25, 0.3) is 11.2 Å². The van der Waals surface area contributed by atoms with Crippen molar-refractivity contribution in [3.63, 3.8) is 0 Å². The van der Waals surface area contributed by atoms with Gasteiger partial charge in [0.05, 0.1) is 18.5 Å². The molecule has 0 fully saturated rings. The third-order valence-corrected chi connectivity index (χ3v) is 4.14. The van der Waals surface area contributed by atoms with E-state index in [1.54, 1.807) is 0 Å². The van der Waals surface area contributed by atoms with Crippen molar-refractivity contribution in [3.8, 4) is 0 Å². The molecule has 0 spiro atoms. The van der Waals surface area contributed by atoms with Crippen LogP contribution < -0.4 is 10.9 Å². The van der Waals surface area contributed by atoms with Crippen LogP contribution in [0.15, 0.2) is 11.1 Å². The molecule has 0 amide bonds. The number of aromatic amines is 1. The number of hydrogen-bond donors (Lipinski definition) is 4. The quantitative estimate of drug-likeness (QED) is 0.605. The van der Waals surface area contributed by atoms with Gasteiger partial charge in [-0.2, -0.15) is 4.98 Å². The van der Waals surface area contributed by atoms with Crippen molar-refractivity contribution in [2.24, 2.45) is 0 Å². The smallest absolute Gasteiger partial charge is 0.283 e. The average Bonchev–Trinajstić information content (AvgIpc) is 2.95. The Morgan fingerprint density at radius 3 is 3.09 bits per heavy atom. The van der Waals surface area contributed by atoms with E-state index in [0.717, 1.165) is 19.3 Å². The van der Waals surface area contributed by atoms with Crippen LogP contribution in [0.2, 0.25) is 0 Å². The van der Waals surface area contributed by atoms with Crippen LogP contribution in [0.3, 0.4) is 0 Å². The third-order valence-electron chi connectivity index (χ3n) is 4.14. The Kier molecular flexibility index (Phi) is 4.12. The Labute approximate surface area is 127 Å². The second-order valence-corrected chi connectivity index (χ2v) is 5.74. The van der Waals surface area contributed by atoms with E-state index in [0.29, 0.717) is 12.1 Å². The fourth-order valence-corrected chi connectivity index (χ4v) is 2.89. The van der Waals surface area contributed by atoms with Crippen LogP contribution >= 0.6 is 0 Å². The summed E-state index contributed by atoms with van der Waals surface area (Å²) in [5.41, 5.74) is 0.208. The van der Waals surface area contributed by atoms with Crippen molar-refractivity contribution in [1.29, 1.82) is 0 Å². The Hall–Kier alpha value is -1.93. The van der Waals surface area contributed by atoms with Crippen molar-refractivity contribution >= 4 is 17.1 Å². The number of H-pyrrole nitrogens is 1. The molecule has 0 aliphatic carbocycles. The fraction of sp³-hybridized carbons (Fsp3) is 0.643. The number of fused-ring (bicyclic) bond motifs is 2. The molecule has 4 N–H and O–H groups in total. The Bertz CT molecular complexity index is 710. The summed E-state index contributed by atoms with van der Waals surface area (Å²) >= 11 is 0. The normalized spacial score (nSPS) is 22.3. The summed E-state index contributed by atoms with van der Waals surface area (Å²) in [5.74, 6) is 0.253. The summed E-state index contributed by atoms with van der Waals surface area (Å²) in [6, 6.07) is -0.324. The minimum Gasteiger partial charge on any atom is -0.391 e. The molecule has 3 heterocycles. The maximum atomic E-state index is 12.3. The van der Waals surface area contributed by atoms with E-state index in [1.807, 2.05) is 0 Å². The molecule has 2 aromatic rings. The van der Waals surface area contributed by atoms with Crippen molar-refractivity contribution in [3.05, 3.63) is 16.7 Å². The molecule has 1 aliphatic rings. The van der Waals surface area contributed by atoms with Crippen molar-refractivity contribution in [2.75, 3.05) is 5.32 Å². The van der Waals surface area contributed by atoms with Gasteiger partial charge in [0.25, 0.3) is 5.56 Å². The van der Waals surface area contributed by atoms with Gasteiger partial charge in [-0.25, -0.2) is 9.55 Å². The molecule has 0 saturated heterocycles. The van der Waals surface area contributed by atoms with Crippen LogP contribution in [0.1, 0.15) is 45.3 Å². The molecule has 0 radical (unpaired) electrons. The Balaban J connectivity index is 1.86. The van der Waals surface area contributed by atoms with Crippen LogP contribution in [0.5, 0.6) is 0 Å². The van der Waals surface area contributed by atoms with Crippen molar-refractivity contribution < 1.29 is 10.2 Å². The maximum Gasteiger partial charge on any atom is 0.283 e. The van der Waals surface area contributed by atoms with Gasteiger partial charge in [0.2, 0.25) is 5.95 Å². The summed E-state index contributed by atoms with van der Waals surface area (Å²) in [6.45, 7) is 2.11. The first-order valence-corrected chi connectivity index (χ1v) is 7.70. The molecule has 2 aromatic heterocycles. The first-order chi connectivity index (χ1) is 10.6. The highest BCUT2D eigenvalue weighted by molar-refractivity contribution is 5.70. The lowest BCUT2D eigenvalue weighted by atomic mass is 9.99. The molecule has 22 heavy (non-hydrogen) atoms. The minimum atomic E-state index is -1.00. The minimum absolute atomic E-state index is 0.253. The highest BCUT2D eigenvalue weighted by Gasteiger charge is 2.31. The number of unbranched alkanes of at least 4 members (excludes halogenated alkanes) is 2. The molecule has 3 rings (SSSR count). The van der Waals surface area contributed by atoms with E-state index >= 15 is 0 Å². The van der Waals surface area contributed by atoms with Crippen molar-refractivity contribution in [1.82, 2.24) is 19.5 Å². The van der Waals surface area contributed by atoms with E-state index in [-0.39, 0.29) is 29.5 Å². The lowest BCUT2D eigenvalue weighted by Crippen LogP contribution is -2.44. The van der Waals surface area contributed by atoms with Gasteiger partial charge in [-0.3, -0.25) is 4.79 Å². The van der Waals surface area contributed by atoms with Gasteiger partial charge in [0.15, 0.2) is 11.2 Å². The van der Waals surface area contributed by atoms with Crippen molar-refractivity contribution in [2.45, 2.75) is 57.4 Å². The second-order valence-electron chi connectivity index (χ2n) is 5.74. The van der Waals surface area contributed by atoms with Gasteiger partial charge < -0.3 is 20.5 Å². The number of aliphatic hydroxyl groups is 2. The number of aliphatic hydroxyl groups excluding tert-OH is 2. The van der Waals surface area contributed by atoms with E-state index in [4.69, 9.17) is 0 Å². The van der Waals surface area contributed by atoms with Gasteiger partial charge in [-0.1, -0.05) is 26.2 Å². The number of hydrogen-bond acceptors (Lipinski definition) is 6. The molecule has 0 bridgehead atoms. The van der Waals surface area contributed by atoms with E-state index in [1.165, 1.54) is 10.9 Å². The van der Waals surface area contributed by atoms with Gasteiger partial charge in [-0.15, -0.1) is 0 Å². The first kappa shape index (κ1) is 15.0. The van der Waals surface area contributed by atoms with Gasteiger partial charge in [-0.05, 0) is 6.42 Å². The first-order valence-electron chi connectivity index (χ1n) is 7.70. The SMILES string of the molecule is CCCCC[C@H](O)[C@@H]1C[C@@H](O)n2c(nc3nc[nH]c3c2=O)N1. The number of imidazole rings is 1. The number of anilines is 1. The lowest BCUT2D eigenvalue weighted by molar-refractivity contribution is 0.0450. The summed E-state index contributed by atoms with van der Waals surface area (Å²) in [5, 5.41) is 23.6. The molecule has 1 aliphatic heterocycles. The maximum absolute atomic E-state index is 12.3. The fourth-order valence-electron chi connectivity index (χ4n) is 2.89. The lowest BCUT2D eigenvalue weighted by Gasteiger charge is -2.33. The highest BCUT2D eigenvalue weighted by Crippen LogP contribution is 2.26. The second kappa shape index (κ2) is 6.05. The highest BCUT2D eigenvalue weighted by atomic mass is 16.3. The molecule has 120 valence electrons. The molecule has 0 saturated carbocycles. The predicted octanol–water partition coefficient (Wildman–Crippen LogP) is 0.736. The zero-order valence-electron chi connectivity index (χ0n) is 12.5. The van der Waals surface area contributed by atoms with Gasteiger partial charge in [0.1, 0.15) is 6.23 Å². The number of nitrogens with zero attached hydrogens (tertiary/aromatic N) is 3. The van der Waals surface area contributed by atoms with Crippen LogP contribution in [-0.2, 0) is 0 Å². The molecule has 3 atom stereocenters. The number of nitrogens with one attached hydrogen (secondary N) is 2. The molecule has 0 unspecified atom stereocenters. The summed E-state index contributed by atoms with van der Waals surface area (Å²) in [7, 11) is 0. The Morgan fingerprint density at radius 2 is 2.32 bits per heavy atom.